The number of hydrogen-bond donors (Lipinski definition) is 1. The molecule has 2 heteroatoms. The highest BCUT2D eigenvalue weighted by atomic mass is 16.5. The van der Waals surface area contributed by atoms with E-state index >= 15 is 0 Å². The van der Waals surface area contributed by atoms with Crippen LogP contribution in [0.5, 0.6) is 0 Å². The Kier molecular flexibility index (Phi) is 3.36. The third-order valence-electron chi connectivity index (χ3n) is 4.17. The van der Waals surface area contributed by atoms with E-state index in [4.69, 9.17) is 4.74 Å². The summed E-state index contributed by atoms with van der Waals surface area (Å²) in [5, 5.41) is 3.71. The molecule has 0 aromatic rings. The molecule has 2 nitrogen and oxygen atoms in total. The monoisotopic (exact) mass is 211 g/mol. The van der Waals surface area contributed by atoms with E-state index in [-0.39, 0.29) is 0 Å². The normalized spacial score (nSPS) is 39.8. The van der Waals surface area contributed by atoms with Crippen LogP contribution in [-0.4, -0.2) is 24.8 Å². The van der Waals surface area contributed by atoms with E-state index < -0.39 is 0 Å². The molecule has 2 aliphatic rings. The Balaban J connectivity index is 1.74. The summed E-state index contributed by atoms with van der Waals surface area (Å²) in [4.78, 5) is 0. The van der Waals surface area contributed by atoms with Gasteiger partial charge in [0.1, 0.15) is 0 Å². The molecule has 0 aromatic heterocycles. The molecule has 0 spiro atoms. The number of ether oxygens (including phenoxy) is 1. The van der Waals surface area contributed by atoms with E-state index in [9.17, 15) is 0 Å². The fourth-order valence-corrected chi connectivity index (χ4v) is 3.01. The van der Waals surface area contributed by atoms with E-state index in [1.165, 1.54) is 32.1 Å². The minimum atomic E-state index is 0.469. The Morgan fingerprint density at radius 3 is 2.60 bits per heavy atom. The van der Waals surface area contributed by atoms with Crippen molar-refractivity contribution in [2.75, 3.05) is 6.54 Å². The molecular formula is C13H25NO. The Labute approximate surface area is 93.8 Å². The van der Waals surface area contributed by atoms with Gasteiger partial charge in [0.25, 0.3) is 0 Å². The van der Waals surface area contributed by atoms with Gasteiger partial charge in [-0.2, -0.15) is 0 Å². The van der Waals surface area contributed by atoms with Crippen molar-refractivity contribution < 1.29 is 4.74 Å². The van der Waals surface area contributed by atoms with Gasteiger partial charge in [-0.3, -0.25) is 0 Å². The second kappa shape index (κ2) is 4.42. The Morgan fingerprint density at radius 2 is 2.07 bits per heavy atom. The second-order valence-electron chi connectivity index (χ2n) is 5.99. The van der Waals surface area contributed by atoms with Crippen molar-refractivity contribution in [3.63, 3.8) is 0 Å². The molecule has 88 valence electrons. The van der Waals surface area contributed by atoms with Crippen molar-refractivity contribution in [2.45, 2.75) is 71.1 Å². The summed E-state index contributed by atoms with van der Waals surface area (Å²) in [7, 11) is 0. The van der Waals surface area contributed by atoms with Crippen LogP contribution in [0, 0.1) is 5.41 Å². The van der Waals surface area contributed by atoms with Crippen molar-refractivity contribution in [2.24, 2.45) is 5.41 Å². The molecule has 0 aromatic carbocycles. The molecule has 1 heterocycles. The van der Waals surface area contributed by atoms with Gasteiger partial charge < -0.3 is 10.1 Å². The standard InChI is InChI=1S/C13H25NO/c1-10-6-7-11(15-10)9-14-12-5-4-8-13(12,2)3/h10-12,14H,4-9H2,1-3H3. The first kappa shape index (κ1) is 11.4. The largest absolute Gasteiger partial charge is 0.374 e. The maximum atomic E-state index is 5.83. The minimum Gasteiger partial charge on any atom is -0.374 e. The van der Waals surface area contributed by atoms with Crippen molar-refractivity contribution in [3.8, 4) is 0 Å². The average molecular weight is 211 g/mol. The van der Waals surface area contributed by atoms with Crippen LogP contribution in [-0.2, 0) is 4.74 Å². The lowest BCUT2D eigenvalue weighted by atomic mass is 9.87. The zero-order valence-electron chi connectivity index (χ0n) is 10.4. The zero-order valence-corrected chi connectivity index (χ0v) is 10.4. The SMILES string of the molecule is CC1CCC(CNC2CCCC2(C)C)O1. The molecule has 0 bridgehead atoms. The van der Waals surface area contributed by atoms with Gasteiger partial charge in [-0.05, 0) is 38.0 Å². The van der Waals surface area contributed by atoms with Gasteiger partial charge in [-0.15, -0.1) is 0 Å². The van der Waals surface area contributed by atoms with Crippen molar-refractivity contribution in [3.05, 3.63) is 0 Å². The quantitative estimate of drug-likeness (QED) is 0.775. The molecule has 3 atom stereocenters. The summed E-state index contributed by atoms with van der Waals surface area (Å²) >= 11 is 0. The molecule has 15 heavy (non-hydrogen) atoms. The first-order valence-electron chi connectivity index (χ1n) is 6.47. The number of rotatable bonds is 3. The summed E-state index contributed by atoms with van der Waals surface area (Å²) in [5.74, 6) is 0. The van der Waals surface area contributed by atoms with Crippen molar-refractivity contribution in [1.29, 1.82) is 0 Å². The molecule has 2 rings (SSSR count). The maximum absolute atomic E-state index is 5.83. The second-order valence-corrected chi connectivity index (χ2v) is 5.99. The molecular weight excluding hydrogens is 186 g/mol. The Bertz CT molecular complexity index is 215. The molecule has 0 amide bonds. The van der Waals surface area contributed by atoms with Crippen molar-refractivity contribution in [1.82, 2.24) is 5.32 Å². The first-order chi connectivity index (χ1) is 7.08. The zero-order chi connectivity index (χ0) is 10.9. The van der Waals surface area contributed by atoms with Gasteiger partial charge in [0.15, 0.2) is 0 Å². The minimum absolute atomic E-state index is 0.469. The van der Waals surface area contributed by atoms with E-state index in [0.29, 0.717) is 23.7 Å². The Hall–Kier alpha value is -0.0800. The predicted octanol–water partition coefficient (Wildman–Crippen LogP) is 2.72. The van der Waals surface area contributed by atoms with Crippen molar-refractivity contribution >= 4 is 0 Å². The van der Waals surface area contributed by atoms with Gasteiger partial charge in [-0.1, -0.05) is 20.3 Å². The fourth-order valence-electron chi connectivity index (χ4n) is 3.01. The topological polar surface area (TPSA) is 21.3 Å². The first-order valence-corrected chi connectivity index (χ1v) is 6.47. The van der Waals surface area contributed by atoms with Crippen LogP contribution in [0.4, 0.5) is 0 Å². The summed E-state index contributed by atoms with van der Waals surface area (Å²) in [6.45, 7) is 8.00. The number of hydrogen-bond acceptors (Lipinski definition) is 2. The van der Waals surface area contributed by atoms with Crippen LogP contribution in [0.3, 0.4) is 0 Å². The Morgan fingerprint density at radius 1 is 1.27 bits per heavy atom. The van der Waals surface area contributed by atoms with Crippen LogP contribution in [0.1, 0.15) is 52.9 Å². The van der Waals surface area contributed by atoms with Crippen LogP contribution < -0.4 is 5.32 Å². The average Bonchev–Trinajstić information content (AvgIpc) is 2.69. The van der Waals surface area contributed by atoms with Gasteiger partial charge in [0, 0.05) is 12.6 Å². The lowest BCUT2D eigenvalue weighted by molar-refractivity contribution is 0.0519. The third-order valence-corrected chi connectivity index (χ3v) is 4.17. The van der Waals surface area contributed by atoms with Crippen LogP contribution in [0.2, 0.25) is 0 Å². The maximum Gasteiger partial charge on any atom is 0.0704 e. The van der Waals surface area contributed by atoms with E-state index in [2.05, 4.69) is 26.1 Å². The van der Waals surface area contributed by atoms with Gasteiger partial charge >= 0.3 is 0 Å². The van der Waals surface area contributed by atoms with Gasteiger partial charge in [0.05, 0.1) is 12.2 Å². The van der Waals surface area contributed by atoms with E-state index in [1.807, 2.05) is 0 Å². The summed E-state index contributed by atoms with van der Waals surface area (Å²) in [5.41, 5.74) is 0.490. The summed E-state index contributed by atoms with van der Waals surface area (Å²) in [6.07, 6.45) is 7.51. The van der Waals surface area contributed by atoms with Gasteiger partial charge in [0.2, 0.25) is 0 Å². The summed E-state index contributed by atoms with van der Waals surface area (Å²) in [6, 6.07) is 0.706. The molecule has 0 radical (unpaired) electrons. The highest BCUT2D eigenvalue weighted by Crippen LogP contribution is 2.37. The summed E-state index contributed by atoms with van der Waals surface area (Å²) < 4.78 is 5.83. The molecule has 1 aliphatic heterocycles. The van der Waals surface area contributed by atoms with Gasteiger partial charge in [-0.25, -0.2) is 0 Å². The lowest BCUT2D eigenvalue weighted by Gasteiger charge is -2.29. The highest BCUT2D eigenvalue weighted by Gasteiger charge is 2.34. The fraction of sp³-hybridized carbons (Fsp3) is 1.00. The van der Waals surface area contributed by atoms with Crippen LogP contribution >= 0.6 is 0 Å². The molecule has 1 aliphatic carbocycles. The molecule has 2 fully saturated rings. The van der Waals surface area contributed by atoms with Crippen LogP contribution in [0.25, 0.3) is 0 Å². The van der Waals surface area contributed by atoms with E-state index in [1.54, 1.807) is 0 Å². The lowest BCUT2D eigenvalue weighted by Crippen LogP contribution is -2.41. The predicted molar refractivity (Wildman–Crippen MR) is 63.0 cm³/mol. The molecule has 1 saturated heterocycles. The number of nitrogens with one attached hydrogen (secondary N) is 1. The van der Waals surface area contributed by atoms with Crippen LogP contribution in [0.15, 0.2) is 0 Å². The smallest absolute Gasteiger partial charge is 0.0704 e. The molecule has 1 N–H and O–H groups in total. The molecule has 1 saturated carbocycles. The third kappa shape index (κ3) is 2.73. The molecule has 3 unspecified atom stereocenters. The van der Waals surface area contributed by atoms with E-state index in [0.717, 1.165) is 6.54 Å². The highest BCUT2D eigenvalue weighted by molar-refractivity contribution is 4.90.